The van der Waals surface area contributed by atoms with Crippen molar-refractivity contribution < 1.29 is 32.3 Å². The number of anilines is 1. The van der Waals surface area contributed by atoms with Gasteiger partial charge in [-0.1, -0.05) is 38.1 Å². The molecule has 3 aromatic rings. The van der Waals surface area contributed by atoms with E-state index in [2.05, 4.69) is 24.1 Å². The Balaban J connectivity index is 1.36. The normalized spacial score (nSPS) is 15.4. The van der Waals surface area contributed by atoms with Gasteiger partial charge in [-0.3, -0.25) is 4.79 Å². The number of aromatic nitrogens is 2. The fraction of sp³-hybridized carbons (Fsp3) is 0.353. The fourth-order valence-electron chi connectivity index (χ4n) is 4.67. The third-order valence-corrected chi connectivity index (χ3v) is 8.22. The van der Waals surface area contributed by atoms with Crippen molar-refractivity contribution in [2.24, 2.45) is 0 Å². The smallest absolute Gasteiger partial charge is 0.387 e. The maximum absolute atomic E-state index is 13.1. The van der Waals surface area contributed by atoms with Gasteiger partial charge in [0.25, 0.3) is 0 Å². The first kappa shape index (κ1) is 34.1. The number of aryl methyl sites for hydroxylation is 1. The van der Waals surface area contributed by atoms with Crippen LogP contribution in [-0.4, -0.2) is 52.5 Å². The van der Waals surface area contributed by atoms with E-state index in [9.17, 15) is 18.1 Å². The number of ether oxygens (including phenoxy) is 3. The molecule has 0 aliphatic heterocycles. The van der Waals surface area contributed by atoms with E-state index in [-0.39, 0.29) is 11.9 Å². The number of allylic oxidation sites excluding steroid dienone is 2. The Kier molecular flexibility index (Phi) is 13.4. The van der Waals surface area contributed by atoms with Gasteiger partial charge in [0.2, 0.25) is 5.91 Å². The molecule has 1 heterocycles. The Labute approximate surface area is 266 Å². The van der Waals surface area contributed by atoms with Crippen molar-refractivity contribution in [1.29, 1.82) is 0 Å². The standard InChI is InChI=1S/C34H39F2N3O5S/c1-3-17-39-24-37-22-29(39)23-45(41)31-13-9-28(10-14-31)38-33(40)16-8-27-21-26(7-15-32(27)44-34(35)36)25-5-11-30(12-6-25)43-20-19-42-18-4-2/h5-11,13-16,21-22,24,30,34H,3-4,12,17-20,23H2,1-2H3,(H,38,40)/b16-8+. The minimum absolute atomic E-state index is 0.0430. The Morgan fingerprint density at radius 1 is 1.16 bits per heavy atom. The lowest BCUT2D eigenvalue weighted by molar-refractivity contribution is -0.111. The second-order valence-electron chi connectivity index (χ2n) is 10.3. The van der Waals surface area contributed by atoms with Crippen LogP contribution in [0.5, 0.6) is 5.75 Å². The minimum Gasteiger partial charge on any atom is -0.611 e. The molecule has 1 aromatic heterocycles. The Morgan fingerprint density at radius 3 is 2.69 bits per heavy atom. The third kappa shape index (κ3) is 10.7. The summed E-state index contributed by atoms with van der Waals surface area (Å²) in [4.78, 5) is 17.5. The van der Waals surface area contributed by atoms with E-state index >= 15 is 0 Å². The van der Waals surface area contributed by atoms with E-state index in [0.717, 1.165) is 36.2 Å². The number of carbonyl (C=O) groups is 1. The van der Waals surface area contributed by atoms with E-state index in [4.69, 9.17) is 14.2 Å². The van der Waals surface area contributed by atoms with E-state index < -0.39 is 23.7 Å². The summed E-state index contributed by atoms with van der Waals surface area (Å²) >= 11 is -1.28. The highest BCUT2D eigenvalue weighted by atomic mass is 32.2. The molecule has 0 bridgehead atoms. The number of nitrogens with one attached hydrogen (secondary N) is 1. The van der Waals surface area contributed by atoms with E-state index in [0.29, 0.717) is 48.1 Å². The molecule has 0 fully saturated rings. The number of benzene rings is 2. The highest BCUT2D eigenvalue weighted by Gasteiger charge is 2.16. The van der Waals surface area contributed by atoms with E-state index in [1.54, 1.807) is 48.9 Å². The lowest BCUT2D eigenvalue weighted by Gasteiger charge is -2.18. The minimum atomic E-state index is -3.01. The summed E-state index contributed by atoms with van der Waals surface area (Å²) in [5.41, 5.74) is 3.43. The molecule has 4 rings (SSSR count). The molecule has 240 valence electrons. The summed E-state index contributed by atoms with van der Waals surface area (Å²) in [6.45, 7) is 3.68. The van der Waals surface area contributed by atoms with Crippen molar-refractivity contribution in [2.75, 3.05) is 25.1 Å². The number of halogens is 2. The molecule has 0 radical (unpaired) electrons. The van der Waals surface area contributed by atoms with Gasteiger partial charge in [-0.25, -0.2) is 4.98 Å². The van der Waals surface area contributed by atoms with Crippen LogP contribution >= 0.6 is 0 Å². The molecule has 45 heavy (non-hydrogen) atoms. The zero-order valence-electron chi connectivity index (χ0n) is 25.5. The molecule has 2 atom stereocenters. The van der Waals surface area contributed by atoms with Crippen LogP contribution in [0.15, 0.2) is 84.2 Å². The number of hydrogen-bond donors (Lipinski definition) is 1. The Morgan fingerprint density at radius 2 is 1.98 bits per heavy atom. The molecular weight excluding hydrogens is 600 g/mol. The van der Waals surface area contributed by atoms with Crippen LogP contribution in [-0.2, 0) is 37.7 Å². The van der Waals surface area contributed by atoms with Crippen LogP contribution in [0.3, 0.4) is 0 Å². The number of nitrogens with zero attached hydrogens (tertiary/aromatic N) is 2. The summed E-state index contributed by atoms with van der Waals surface area (Å²) in [5.74, 6) is -0.161. The first-order valence-electron chi connectivity index (χ1n) is 15.0. The van der Waals surface area contributed by atoms with Gasteiger partial charge in [0.15, 0.2) is 10.6 Å². The number of carbonyl (C=O) groups excluding carboxylic acids is 1. The second kappa shape index (κ2) is 17.6. The van der Waals surface area contributed by atoms with Gasteiger partial charge in [0.1, 0.15) is 5.75 Å². The molecule has 8 nitrogen and oxygen atoms in total. The first-order valence-corrected chi connectivity index (χ1v) is 16.3. The largest absolute Gasteiger partial charge is 0.611 e. The summed E-state index contributed by atoms with van der Waals surface area (Å²) in [6.07, 6.45) is 14.6. The van der Waals surface area contributed by atoms with Crippen molar-refractivity contribution in [3.63, 3.8) is 0 Å². The maximum atomic E-state index is 13.1. The SMILES string of the molecule is CCCOCCOC1C=CC(c2ccc(OC(F)F)c(/C=C/C(=O)Nc3ccc([S+]([O-])Cc4cncn4CCC)cc3)c2)=CC1. The van der Waals surface area contributed by atoms with Crippen LogP contribution < -0.4 is 10.1 Å². The molecule has 1 aliphatic carbocycles. The predicted octanol–water partition coefficient (Wildman–Crippen LogP) is 7.01. The molecule has 1 N–H and O–H groups in total. The average Bonchev–Trinajstić information content (AvgIpc) is 3.47. The van der Waals surface area contributed by atoms with Crippen molar-refractivity contribution >= 4 is 34.4 Å². The number of alkyl halides is 2. The lowest BCUT2D eigenvalue weighted by Crippen LogP contribution is -2.15. The van der Waals surface area contributed by atoms with Gasteiger partial charge in [0.05, 0.1) is 37.5 Å². The monoisotopic (exact) mass is 639 g/mol. The summed E-state index contributed by atoms with van der Waals surface area (Å²) < 4.78 is 57.1. The highest BCUT2D eigenvalue weighted by molar-refractivity contribution is 7.90. The topological polar surface area (TPSA) is 97.7 Å². The van der Waals surface area contributed by atoms with Gasteiger partial charge in [-0.2, -0.15) is 8.78 Å². The number of imidazole rings is 1. The van der Waals surface area contributed by atoms with E-state index in [1.165, 1.54) is 18.2 Å². The number of amides is 1. The van der Waals surface area contributed by atoms with Crippen molar-refractivity contribution in [3.8, 4) is 5.75 Å². The molecule has 0 saturated carbocycles. The van der Waals surface area contributed by atoms with Crippen LogP contribution in [0.2, 0.25) is 0 Å². The predicted molar refractivity (Wildman–Crippen MR) is 172 cm³/mol. The van der Waals surface area contributed by atoms with Gasteiger partial charge in [-0.15, -0.1) is 0 Å². The Bertz CT molecular complexity index is 1470. The molecule has 1 amide bonds. The van der Waals surface area contributed by atoms with Crippen LogP contribution in [0.25, 0.3) is 11.6 Å². The lowest BCUT2D eigenvalue weighted by atomic mass is 9.96. The van der Waals surface area contributed by atoms with Crippen molar-refractivity contribution in [1.82, 2.24) is 9.55 Å². The zero-order valence-corrected chi connectivity index (χ0v) is 26.3. The van der Waals surface area contributed by atoms with Gasteiger partial charge in [0, 0.05) is 30.5 Å². The molecular formula is C34H39F2N3O5S. The Hall–Kier alpha value is -3.77. The maximum Gasteiger partial charge on any atom is 0.387 e. The quantitative estimate of drug-likeness (QED) is 0.0970. The zero-order chi connectivity index (χ0) is 32.0. The molecule has 1 aliphatic rings. The molecule has 0 spiro atoms. The number of rotatable bonds is 17. The van der Waals surface area contributed by atoms with Crippen LogP contribution in [0, 0.1) is 0 Å². The van der Waals surface area contributed by atoms with Gasteiger partial charge >= 0.3 is 6.61 Å². The fourth-order valence-corrected chi connectivity index (χ4v) is 5.79. The van der Waals surface area contributed by atoms with Crippen molar-refractivity contribution in [3.05, 3.63) is 96.1 Å². The van der Waals surface area contributed by atoms with E-state index in [1.807, 2.05) is 22.8 Å². The van der Waals surface area contributed by atoms with Crippen molar-refractivity contribution in [2.45, 2.75) is 63.0 Å². The summed E-state index contributed by atoms with van der Waals surface area (Å²) in [5, 5.41) is 2.75. The number of hydrogen-bond acceptors (Lipinski definition) is 6. The molecule has 11 heteroatoms. The third-order valence-electron chi connectivity index (χ3n) is 6.87. The molecule has 2 aromatic carbocycles. The van der Waals surface area contributed by atoms with Crippen LogP contribution in [0.4, 0.5) is 14.5 Å². The first-order chi connectivity index (χ1) is 21.9. The average molecular weight is 640 g/mol. The summed E-state index contributed by atoms with van der Waals surface area (Å²) in [6, 6.07) is 11.6. The van der Waals surface area contributed by atoms with Gasteiger partial charge in [-0.05, 0) is 84.0 Å². The molecule has 0 saturated heterocycles. The summed E-state index contributed by atoms with van der Waals surface area (Å²) in [7, 11) is 0. The second-order valence-corrected chi connectivity index (χ2v) is 11.8. The highest BCUT2D eigenvalue weighted by Crippen LogP contribution is 2.30. The molecule has 2 unspecified atom stereocenters. The van der Waals surface area contributed by atoms with Gasteiger partial charge < -0.3 is 28.6 Å². The van der Waals surface area contributed by atoms with Crippen LogP contribution in [0.1, 0.15) is 49.9 Å².